The van der Waals surface area contributed by atoms with Gasteiger partial charge in [0, 0.05) is 17.2 Å². The molecular weight excluding hydrogens is 250 g/mol. The summed E-state index contributed by atoms with van der Waals surface area (Å²) in [5.74, 6) is 0.0571. The van der Waals surface area contributed by atoms with Gasteiger partial charge in [-0.15, -0.1) is 5.73 Å². The summed E-state index contributed by atoms with van der Waals surface area (Å²) < 4.78 is 0. The fraction of sp³-hybridized carbons (Fsp3) is 0.250. The number of Topliss-reactive ketones (excluding diaryl/α,β-unsaturated/α-hetero) is 1. The number of aromatic nitrogens is 3. The molecule has 0 radical (unpaired) electrons. The van der Waals surface area contributed by atoms with Crippen molar-refractivity contribution in [1.29, 1.82) is 0 Å². The summed E-state index contributed by atoms with van der Waals surface area (Å²) in [5.41, 5.74) is 6.10. The van der Waals surface area contributed by atoms with Crippen LogP contribution in [0.2, 0.25) is 0 Å². The van der Waals surface area contributed by atoms with Crippen LogP contribution in [-0.2, 0) is 0 Å². The lowest BCUT2D eigenvalue weighted by atomic mass is 9.87. The summed E-state index contributed by atoms with van der Waals surface area (Å²) in [7, 11) is 0. The van der Waals surface area contributed by atoms with E-state index in [1.807, 2.05) is 39.0 Å². The predicted octanol–water partition coefficient (Wildman–Crippen LogP) is 3.30. The quantitative estimate of drug-likeness (QED) is 0.669. The third kappa shape index (κ3) is 2.00. The second kappa shape index (κ2) is 4.29. The zero-order valence-electron chi connectivity index (χ0n) is 11.7. The molecule has 0 fully saturated rings. The van der Waals surface area contributed by atoms with Crippen LogP contribution in [0.3, 0.4) is 0 Å². The molecule has 0 aromatic carbocycles. The fourth-order valence-electron chi connectivity index (χ4n) is 2.09. The molecule has 0 saturated carbocycles. The smallest absolute Gasteiger partial charge is 0.171 e. The summed E-state index contributed by atoms with van der Waals surface area (Å²) in [6, 6.07) is 0. The van der Waals surface area contributed by atoms with Gasteiger partial charge in [0.15, 0.2) is 11.4 Å². The fourth-order valence-corrected chi connectivity index (χ4v) is 2.09. The Labute approximate surface area is 116 Å². The molecule has 1 aliphatic rings. The van der Waals surface area contributed by atoms with Crippen molar-refractivity contribution in [2.24, 2.45) is 5.41 Å². The first-order valence-corrected chi connectivity index (χ1v) is 6.49. The first-order chi connectivity index (χ1) is 9.47. The molecule has 2 aromatic rings. The Morgan fingerprint density at radius 2 is 2.15 bits per heavy atom. The number of carbonyl (C=O) groups excluding carboxylic acids is 1. The van der Waals surface area contributed by atoms with Crippen LogP contribution in [0, 0.1) is 5.41 Å². The second-order valence-electron chi connectivity index (χ2n) is 5.82. The van der Waals surface area contributed by atoms with E-state index >= 15 is 0 Å². The highest BCUT2D eigenvalue weighted by Crippen LogP contribution is 2.26. The number of ketones is 1. The Morgan fingerprint density at radius 3 is 2.80 bits per heavy atom. The van der Waals surface area contributed by atoms with Crippen molar-refractivity contribution in [2.45, 2.75) is 20.8 Å². The van der Waals surface area contributed by atoms with Gasteiger partial charge in [-0.3, -0.25) is 4.79 Å². The molecular formula is C16H15N3O. The minimum atomic E-state index is -0.445. The van der Waals surface area contributed by atoms with Gasteiger partial charge in [-0.1, -0.05) is 26.8 Å². The number of aromatic amines is 1. The maximum atomic E-state index is 12.4. The average molecular weight is 265 g/mol. The van der Waals surface area contributed by atoms with Gasteiger partial charge in [-0.25, -0.2) is 9.97 Å². The Hall–Kier alpha value is -2.45. The normalized spacial score (nSPS) is 14.1. The van der Waals surface area contributed by atoms with Gasteiger partial charge >= 0.3 is 0 Å². The lowest BCUT2D eigenvalue weighted by molar-refractivity contribution is 0.0860. The van der Waals surface area contributed by atoms with Crippen LogP contribution in [-0.4, -0.2) is 20.7 Å². The van der Waals surface area contributed by atoms with E-state index in [1.54, 1.807) is 12.4 Å². The number of allylic oxidation sites excluding steroid dienone is 3. The van der Waals surface area contributed by atoms with Crippen LogP contribution >= 0.6 is 0 Å². The molecule has 2 aromatic heterocycles. The highest BCUT2D eigenvalue weighted by atomic mass is 16.1. The Morgan fingerprint density at radius 1 is 1.35 bits per heavy atom. The van der Waals surface area contributed by atoms with Crippen LogP contribution in [0.1, 0.15) is 36.8 Å². The SMILES string of the molecule is CC(C)(C)C(=O)c1c[nH]c2ncc(C3=C=CC=C3)nc12. The molecule has 4 heteroatoms. The van der Waals surface area contributed by atoms with E-state index in [2.05, 4.69) is 20.7 Å². The van der Waals surface area contributed by atoms with Crippen molar-refractivity contribution in [3.05, 3.63) is 47.6 Å². The number of nitrogens with one attached hydrogen (secondary N) is 1. The molecule has 0 spiro atoms. The summed E-state index contributed by atoms with van der Waals surface area (Å²) in [6.07, 6.45) is 9.04. The highest BCUT2D eigenvalue weighted by Gasteiger charge is 2.26. The van der Waals surface area contributed by atoms with Crippen molar-refractivity contribution in [2.75, 3.05) is 0 Å². The van der Waals surface area contributed by atoms with E-state index in [9.17, 15) is 4.79 Å². The van der Waals surface area contributed by atoms with E-state index in [0.717, 1.165) is 11.3 Å². The molecule has 3 rings (SSSR count). The Balaban J connectivity index is 2.16. The van der Waals surface area contributed by atoms with E-state index in [-0.39, 0.29) is 5.78 Å². The second-order valence-corrected chi connectivity index (χ2v) is 5.82. The standard InChI is InChI=1S/C16H15N3O/c1-16(2,3)14(20)11-8-17-15-13(11)19-12(9-18-15)10-6-4-5-7-10/h4-6,8-9H,1-3H3,(H,17,18). The number of H-pyrrole nitrogens is 1. The van der Waals surface area contributed by atoms with Gasteiger partial charge < -0.3 is 4.98 Å². The van der Waals surface area contributed by atoms with Crippen LogP contribution in [0.5, 0.6) is 0 Å². The van der Waals surface area contributed by atoms with Gasteiger partial charge in [-0.05, 0) is 12.2 Å². The zero-order valence-corrected chi connectivity index (χ0v) is 11.7. The molecule has 20 heavy (non-hydrogen) atoms. The molecule has 1 N–H and O–H groups in total. The van der Waals surface area contributed by atoms with Crippen LogP contribution in [0.25, 0.3) is 16.7 Å². The van der Waals surface area contributed by atoms with E-state index in [1.165, 1.54) is 0 Å². The van der Waals surface area contributed by atoms with E-state index in [0.29, 0.717) is 16.7 Å². The minimum Gasteiger partial charge on any atom is -0.344 e. The molecule has 0 atom stereocenters. The van der Waals surface area contributed by atoms with E-state index in [4.69, 9.17) is 0 Å². The number of rotatable bonds is 2. The van der Waals surface area contributed by atoms with Crippen LogP contribution in [0.4, 0.5) is 0 Å². The number of fused-ring (bicyclic) bond motifs is 1. The Bertz CT molecular complexity index is 797. The number of hydrogen-bond acceptors (Lipinski definition) is 3. The monoisotopic (exact) mass is 265 g/mol. The summed E-state index contributed by atoms with van der Waals surface area (Å²) >= 11 is 0. The third-order valence-corrected chi connectivity index (χ3v) is 3.18. The highest BCUT2D eigenvalue weighted by molar-refractivity contribution is 6.08. The molecule has 2 heterocycles. The minimum absolute atomic E-state index is 0.0571. The molecule has 0 amide bonds. The topological polar surface area (TPSA) is 58.6 Å². The lowest BCUT2D eigenvalue weighted by Crippen LogP contribution is -2.20. The largest absolute Gasteiger partial charge is 0.344 e. The van der Waals surface area contributed by atoms with Crippen molar-refractivity contribution < 1.29 is 4.79 Å². The Kier molecular flexibility index (Phi) is 2.70. The molecule has 0 bridgehead atoms. The number of carbonyl (C=O) groups is 1. The molecule has 0 saturated heterocycles. The van der Waals surface area contributed by atoms with Gasteiger partial charge in [0.2, 0.25) is 0 Å². The number of hydrogen-bond donors (Lipinski definition) is 1. The summed E-state index contributed by atoms with van der Waals surface area (Å²) in [6.45, 7) is 5.70. The molecule has 0 aliphatic heterocycles. The van der Waals surface area contributed by atoms with E-state index < -0.39 is 5.41 Å². The summed E-state index contributed by atoms with van der Waals surface area (Å²) in [5, 5.41) is 0. The predicted molar refractivity (Wildman–Crippen MR) is 78.3 cm³/mol. The number of nitrogens with zero attached hydrogens (tertiary/aromatic N) is 2. The summed E-state index contributed by atoms with van der Waals surface area (Å²) in [4.78, 5) is 24.4. The lowest BCUT2D eigenvalue weighted by Gasteiger charge is -2.15. The van der Waals surface area contributed by atoms with Gasteiger partial charge in [0.05, 0.1) is 17.5 Å². The van der Waals surface area contributed by atoms with Crippen molar-refractivity contribution in [1.82, 2.24) is 15.0 Å². The molecule has 100 valence electrons. The van der Waals surface area contributed by atoms with Gasteiger partial charge in [0.25, 0.3) is 0 Å². The third-order valence-electron chi connectivity index (χ3n) is 3.18. The first kappa shape index (κ1) is 12.6. The first-order valence-electron chi connectivity index (χ1n) is 6.49. The van der Waals surface area contributed by atoms with Crippen molar-refractivity contribution in [3.63, 3.8) is 0 Å². The maximum absolute atomic E-state index is 12.4. The van der Waals surface area contributed by atoms with Gasteiger partial charge in [-0.2, -0.15) is 0 Å². The molecule has 1 aliphatic carbocycles. The van der Waals surface area contributed by atoms with Crippen LogP contribution in [0.15, 0.2) is 36.4 Å². The molecule has 4 nitrogen and oxygen atoms in total. The van der Waals surface area contributed by atoms with Crippen LogP contribution < -0.4 is 0 Å². The maximum Gasteiger partial charge on any atom is 0.171 e. The average Bonchev–Trinajstić information content (AvgIpc) is 3.05. The van der Waals surface area contributed by atoms with Crippen molar-refractivity contribution >= 4 is 22.5 Å². The van der Waals surface area contributed by atoms with Crippen molar-refractivity contribution in [3.8, 4) is 0 Å². The molecule has 0 unspecified atom stereocenters. The van der Waals surface area contributed by atoms with Gasteiger partial charge in [0.1, 0.15) is 5.52 Å². The zero-order chi connectivity index (χ0) is 14.3.